The van der Waals surface area contributed by atoms with Gasteiger partial charge in [0.05, 0.1) is 0 Å². The number of hydrogen-bond donors (Lipinski definition) is 0. The molecule has 22 heavy (non-hydrogen) atoms. The average Bonchev–Trinajstić information content (AvgIpc) is 2.54. The van der Waals surface area contributed by atoms with Crippen LogP contribution in [0.25, 0.3) is 0 Å². The summed E-state index contributed by atoms with van der Waals surface area (Å²) in [6.07, 6.45) is 15.9. The number of aryl methyl sites for hydroxylation is 3. The molecule has 0 unspecified atom stereocenters. The molecule has 0 bridgehead atoms. The first-order valence-corrected chi connectivity index (χ1v) is 9.52. The normalized spacial score (nSPS) is 11.0. The first-order valence-electron chi connectivity index (χ1n) is 9.52. The summed E-state index contributed by atoms with van der Waals surface area (Å²) in [6, 6.07) is 0. The molecule has 1 rings (SSSR count). The van der Waals surface area contributed by atoms with Crippen molar-refractivity contribution in [1.82, 2.24) is 15.0 Å². The fourth-order valence-corrected chi connectivity index (χ4v) is 2.68. The summed E-state index contributed by atoms with van der Waals surface area (Å²) >= 11 is 0. The zero-order chi connectivity index (χ0) is 16.0. The smallest absolute Gasteiger partial charge is 0.132 e. The van der Waals surface area contributed by atoms with Crippen LogP contribution in [0.4, 0.5) is 0 Å². The zero-order valence-electron chi connectivity index (χ0n) is 15.0. The van der Waals surface area contributed by atoms with Crippen LogP contribution in [0.2, 0.25) is 0 Å². The molecular formula is C19H35N3. The summed E-state index contributed by atoms with van der Waals surface area (Å²) in [5.74, 6) is 3.01. The second-order valence-corrected chi connectivity index (χ2v) is 6.27. The fraction of sp³-hybridized carbons (Fsp3) is 0.842. The van der Waals surface area contributed by atoms with Crippen molar-refractivity contribution in [3.63, 3.8) is 0 Å². The van der Waals surface area contributed by atoms with Gasteiger partial charge >= 0.3 is 0 Å². The molecule has 0 spiro atoms. The van der Waals surface area contributed by atoms with E-state index in [0.29, 0.717) is 0 Å². The van der Waals surface area contributed by atoms with E-state index in [1.54, 1.807) is 0 Å². The number of unbranched alkanes of at least 4 members (excludes halogenated alkanes) is 8. The molecule has 0 aliphatic carbocycles. The fourth-order valence-electron chi connectivity index (χ4n) is 2.68. The first-order chi connectivity index (χ1) is 10.8. The molecule has 0 aromatic carbocycles. The molecule has 126 valence electrons. The molecule has 0 N–H and O–H groups in total. The highest BCUT2D eigenvalue weighted by Gasteiger charge is 2.05. The Bertz CT molecular complexity index is 358. The van der Waals surface area contributed by atoms with Crippen molar-refractivity contribution in [1.29, 1.82) is 0 Å². The van der Waals surface area contributed by atoms with Crippen LogP contribution >= 0.6 is 0 Å². The van der Waals surface area contributed by atoms with Crippen molar-refractivity contribution in [2.45, 2.75) is 104 Å². The van der Waals surface area contributed by atoms with Crippen molar-refractivity contribution >= 4 is 0 Å². The minimum atomic E-state index is 0.911. The Labute approximate surface area is 137 Å². The molecule has 1 aromatic rings. The van der Waals surface area contributed by atoms with Crippen LogP contribution in [0.1, 0.15) is 102 Å². The van der Waals surface area contributed by atoms with Crippen molar-refractivity contribution < 1.29 is 0 Å². The second kappa shape index (κ2) is 12.5. The van der Waals surface area contributed by atoms with Gasteiger partial charge in [0.15, 0.2) is 0 Å². The largest absolute Gasteiger partial charge is 0.218 e. The Morgan fingerprint density at radius 1 is 0.500 bits per heavy atom. The third kappa shape index (κ3) is 8.45. The molecular weight excluding hydrogens is 270 g/mol. The molecule has 3 heteroatoms. The third-order valence-electron chi connectivity index (χ3n) is 4.10. The molecule has 0 aliphatic heterocycles. The molecule has 1 heterocycles. The van der Waals surface area contributed by atoms with Gasteiger partial charge in [-0.3, -0.25) is 0 Å². The summed E-state index contributed by atoms with van der Waals surface area (Å²) < 4.78 is 0. The summed E-state index contributed by atoms with van der Waals surface area (Å²) in [7, 11) is 0. The van der Waals surface area contributed by atoms with E-state index in [1.165, 1.54) is 64.2 Å². The maximum absolute atomic E-state index is 4.69. The zero-order valence-corrected chi connectivity index (χ0v) is 15.0. The second-order valence-electron chi connectivity index (χ2n) is 6.27. The Balaban J connectivity index is 2.42. The van der Waals surface area contributed by atoms with E-state index in [9.17, 15) is 0 Å². The van der Waals surface area contributed by atoms with Gasteiger partial charge < -0.3 is 0 Å². The molecule has 1 aromatic heterocycles. The van der Waals surface area contributed by atoms with Gasteiger partial charge in [0, 0.05) is 19.3 Å². The minimum absolute atomic E-state index is 0.911. The quantitative estimate of drug-likeness (QED) is 0.454. The number of aromatic nitrogens is 3. The highest BCUT2D eigenvalue weighted by atomic mass is 15.0. The maximum Gasteiger partial charge on any atom is 0.132 e. The van der Waals surface area contributed by atoms with Crippen LogP contribution in [0.5, 0.6) is 0 Å². The monoisotopic (exact) mass is 305 g/mol. The molecule has 0 amide bonds. The third-order valence-corrected chi connectivity index (χ3v) is 4.10. The SMILES string of the molecule is CCCCCCCc1nc(CC)nc(CCCCCCC)n1. The van der Waals surface area contributed by atoms with Crippen LogP contribution in [0, 0.1) is 0 Å². The highest BCUT2D eigenvalue weighted by molar-refractivity contribution is 4.98. The topological polar surface area (TPSA) is 38.7 Å². The predicted molar refractivity (Wildman–Crippen MR) is 94.1 cm³/mol. The molecule has 3 nitrogen and oxygen atoms in total. The number of rotatable bonds is 13. The molecule has 0 fully saturated rings. The lowest BCUT2D eigenvalue weighted by Crippen LogP contribution is -2.07. The average molecular weight is 306 g/mol. The summed E-state index contributed by atoms with van der Waals surface area (Å²) in [4.78, 5) is 13.9. The highest BCUT2D eigenvalue weighted by Crippen LogP contribution is 2.09. The lowest BCUT2D eigenvalue weighted by Gasteiger charge is -2.06. The van der Waals surface area contributed by atoms with Gasteiger partial charge in [0.1, 0.15) is 17.5 Å². The van der Waals surface area contributed by atoms with Crippen molar-refractivity contribution in [2.75, 3.05) is 0 Å². The van der Waals surface area contributed by atoms with Gasteiger partial charge in [-0.05, 0) is 12.8 Å². The van der Waals surface area contributed by atoms with Gasteiger partial charge in [-0.15, -0.1) is 0 Å². The van der Waals surface area contributed by atoms with Gasteiger partial charge in [-0.25, -0.2) is 15.0 Å². The van der Waals surface area contributed by atoms with Crippen LogP contribution < -0.4 is 0 Å². The summed E-state index contributed by atoms with van der Waals surface area (Å²) in [5, 5.41) is 0. The Hall–Kier alpha value is -0.990. The Morgan fingerprint density at radius 3 is 1.32 bits per heavy atom. The van der Waals surface area contributed by atoms with Crippen molar-refractivity contribution in [2.24, 2.45) is 0 Å². The molecule has 0 aliphatic rings. The lowest BCUT2D eigenvalue weighted by molar-refractivity contribution is 0.602. The number of nitrogens with zero attached hydrogens (tertiary/aromatic N) is 3. The van der Waals surface area contributed by atoms with Crippen molar-refractivity contribution in [3.05, 3.63) is 17.5 Å². The van der Waals surface area contributed by atoms with E-state index in [2.05, 4.69) is 30.7 Å². The predicted octanol–water partition coefficient (Wildman–Crippen LogP) is 5.46. The van der Waals surface area contributed by atoms with Gasteiger partial charge in [0.2, 0.25) is 0 Å². The standard InChI is InChI=1S/C19H35N3/c1-4-7-9-11-13-15-18-20-17(6-3)21-19(22-18)16-14-12-10-8-5-2/h4-16H2,1-3H3. The summed E-state index contributed by atoms with van der Waals surface area (Å²) in [5.41, 5.74) is 0. The van der Waals surface area contributed by atoms with E-state index in [-0.39, 0.29) is 0 Å². The molecule has 0 saturated carbocycles. The Morgan fingerprint density at radius 2 is 0.909 bits per heavy atom. The Kier molecular flexibility index (Phi) is 10.9. The van der Waals surface area contributed by atoms with Gasteiger partial charge in [-0.1, -0.05) is 72.1 Å². The van der Waals surface area contributed by atoms with Crippen LogP contribution in [-0.4, -0.2) is 15.0 Å². The van der Waals surface area contributed by atoms with E-state index in [1.807, 2.05) is 0 Å². The van der Waals surface area contributed by atoms with Crippen LogP contribution in [0.15, 0.2) is 0 Å². The van der Waals surface area contributed by atoms with Crippen molar-refractivity contribution in [3.8, 4) is 0 Å². The molecule has 0 saturated heterocycles. The van der Waals surface area contributed by atoms with Crippen LogP contribution in [-0.2, 0) is 19.3 Å². The lowest BCUT2D eigenvalue weighted by atomic mass is 10.1. The van der Waals surface area contributed by atoms with Gasteiger partial charge in [0.25, 0.3) is 0 Å². The van der Waals surface area contributed by atoms with Crippen LogP contribution in [0.3, 0.4) is 0 Å². The van der Waals surface area contributed by atoms with Gasteiger partial charge in [-0.2, -0.15) is 0 Å². The van der Waals surface area contributed by atoms with E-state index < -0.39 is 0 Å². The maximum atomic E-state index is 4.69. The van der Waals surface area contributed by atoms with E-state index in [0.717, 1.165) is 36.7 Å². The minimum Gasteiger partial charge on any atom is -0.218 e. The van der Waals surface area contributed by atoms with E-state index in [4.69, 9.17) is 4.98 Å². The van der Waals surface area contributed by atoms with E-state index >= 15 is 0 Å². The molecule has 0 atom stereocenters. The number of hydrogen-bond acceptors (Lipinski definition) is 3. The summed E-state index contributed by atoms with van der Waals surface area (Å²) in [6.45, 7) is 6.64. The first kappa shape index (κ1) is 19.1. The molecule has 0 radical (unpaired) electrons.